The molecule has 10 aromatic carbocycles. The second-order valence-electron chi connectivity index (χ2n) is 19.2. The topological polar surface area (TPSA) is 13.1 Å². The third-order valence-corrected chi connectivity index (χ3v) is 20.3. The van der Waals surface area contributed by atoms with Gasteiger partial charge in [-0.2, -0.15) is 0 Å². The lowest BCUT2D eigenvalue weighted by Gasteiger charge is -2.44. The van der Waals surface area contributed by atoms with E-state index in [0.29, 0.717) is 0 Å². The summed E-state index contributed by atoms with van der Waals surface area (Å²) in [6.45, 7) is 12.1. The van der Waals surface area contributed by atoms with Crippen LogP contribution in [0.5, 0.6) is 0 Å². The minimum atomic E-state index is -2.88. The van der Waals surface area contributed by atoms with Gasteiger partial charge in [0.1, 0.15) is 11.2 Å². The monoisotopic (exact) mass is 824 g/mol. The number of para-hydroxylation sites is 1. The first-order valence-electron chi connectivity index (χ1n) is 22.3. The second kappa shape index (κ2) is 13.7. The van der Waals surface area contributed by atoms with Crippen LogP contribution >= 0.6 is 0 Å². The summed E-state index contributed by atoms with van der Waals surface area (Å²) in [5.74, 6) is 0. The maximum absolute atomic E-state index is 7.11. The highest BCUT2D eigenvalue weighted by molar-refractivity contribution is 7.14. The maximum Gasteiger partial charge on any atom is 0.158 e. The molecule has 0 fully saturated rings. The summed E-state index contributed by atoms with van der Waals surface area (Å²) in [6, 6.07) is 75.2. The molecule has 1 nitrogen and oxygen atoms in total. The zero-order valence-electron chi connectivity index (χ0n) is 36.5. The third-order valence-electron chi connectivity index (χ3n) is 14.5. The molecule has 2 heteroatoms. The first kappa shape index (κ1) is 37.7. The Hall–Kier alpha value is -7.00. The first-order chi connectivity index (χ1) is 30.7. The van der Waals surface area contributed by atoms with E-state index in [1.165, 1.54) is 92.4 Å². The van der Waals surface area contributed by atoms with Gasteiger partial charge in [-0.05, 0) is 116 Å². The number of furan rings is 1. The minimum Gasteiger partial charge on any atom is -0.456 e. The number of benzene rings is 10. The highest BCUT2D eigenvalue weighted by atomic mass is 28.3. The van der Waals surface area contributed by atoms with Gasteiger partial charge in [0.25, 0.3) is 0 Å². The van der Waals surface area contributed by atoms with Crippen LogP contribution in [0.3, 0.4) is 0 Å². The summed E-state index contributed by atoms with van der Waals surface area (Å²) in [6.07, 6.45) is 0. The molecule has 0 aliphatic heterocycles. The molecule has 0 spiro atoms. The maximum atomic E-state index is 7.11. The Morgan fingerprint density at radius 2 is 0.937 bits per heavy atom. The SMILES string of the molecule is CC1(C)c2cc(-c3c4ccccc4c(-c4cc([Si](c5ccccc5)(c5ccccc5)C(C)(C)C)c5oc6ccccc6c5c4)c4ccccc34)ccc2-c2c1ccc1ccccc21. The lowest BCUT2D eigenvalue weighted by atomic mass is 9.80. The number of rotatable bonds is 5. The van der Waals surface area contributed by atoms with Crippen molar-refractivity contribution >= 4 is 77.9 Å². The van der Waals surface area contributed by atoms with Crippen molar-refractivity contribution in [3.05, 3.63) is 211 Å². The lowest BCUT2D eigenvalue weighted by molar-refractivity contribution is 0.661. The molecule has 0 unspecified atom stereocenters. The van der Waals surface area contributed by atoms with Gasteiger partial charge >= 0.3 is 0 Å². The normalized spacial score (nSPS) is 13.6. The summed E-state index contributed by atoms with van der Waals surface area (Å²) in [5, 5.41) is 13.9. The molecule has 0 atom stereocenters. The van der Waals surface area contributed by atoms with Gasteiger partial charge in [-0.1, -0.05) is 217 Å². The summed E-state index contributed by atoms with van der Waals surface area (Å²) < 4.78 is 7.11. The summed E-state index contributed by atoms with van der Waals surface area (Å²) >= 11 is 0. The Labute approximate surface area is 370 Å². The second-order valence-corrected chi connectivity index (χ2v) is 23.9. The Morgan fingerprint density at radius 3 is 1.54 bits per heavy atom. The van der Waals surface area contributed by atoms with Crippen LogP contribution in [0.4, 0.5) is 0 Å². The molecule has 1 aliphatic carbocycles. The van der Waals surface area contributed by atoms with E-state index in [1.54, 1.807) is 0 Å². The molecular formula is C61H48OSi. The highest BCUT2D eigenvalue weighted by Gasteiger charge is 2.51. The standard InChI is InChI=1S/C61H48OSi/c1-60(2,3)63(42-21-8-6-9-22-42,43-23-10-7-11-24-43)55-38-41(36-51-45-26-18-19-31-54(45)62-59(51)55)57-48-29-16-14-27-46(48)56(47-28-15-17-30-49(47)57)40-32-34-50-53(37-40)61(4,5)52-35-33-39-20-12-13-25-44(39)58(50)52/h6-38H,1-5H3. The summed E-state index contributed by atoms with van der Waals surface area (Å²) in [4.78, 5) is 0. The molecule has 1 aliphatic rings. The number of fused-ring (bicyclic) bond motifs is 10. The molecule has 0 saturated heterocycles. The van der Waals surface area contributed by atoms with Crippen molar-refractivity contribution < 1.29 is 4.42 Å². The third kappa shape index (κ3) is 5.35. The molecule has 0 amide bonds. The van der Waals surface area contributed by atoms with E-state index >= 15 is 0 Å². The zero-order chi connectivity index (χ0) is 42.7. The van der Waals surface area contributed by atoms with E-state index in [1.807, 2.05) is 0 Å². The smallest absolute Gasteiger partial charge is 0.158 e. The van der Waals surface area contributed by atoms with Gasteiger partial charge in [-0.25, -0.2) is 0 Å². The predicted octanol–water partition coefficient (Wildman–Crippen LogP) is 15.0. The average Bonchev–Trinajstić information content (AvgIpc) is 3.80. The first-order valence-corrected chi connectivity index (χ1v) is 24.3. The molecule has 0 bridgehead atoms. The Kier molecular flexibility index (Phi) is 8.23. The molecular weight excluding hydrogens is 777 g/mol. The van der Waals surface area contributed by atoms with Crippen molar-refractivity contribution in [3.8, 4) is 33.4 Å². The van der Waals surface area contributed by atoms with E-state index < -0.39 is 8.07 Å². The van der Waals surface area contributed by atoms with Crippen LogP contribution in [0.25, 0.3) is 87.6 Å². The molecule has 0 saturated carbocycles. The highest BCUT2D eigenvalue weighted by Crippen LogP contribution is 2.53. The molecule has 12 rings (SSSR count). The van der Waals surface area contributed by atoms with Crippen LogP contribution in [0, 0.1) is 0 Å². The van der Waals surface area contributed by atoms with Crippen molar-refractivity contribution in [2.24, 2.45) is 0 Å². The quantitative estimate of drug-likeness (QED) is 0.0957. The summed E-state index contributed by atoms with van der Waals surface area (Å²) in [5.41, 5.74) is 12.3. The van der Waals surface area contributed by atoms with Gasteiger partial charge in [0.15, 0.2) is 8.07 Å². The predicted molar refractivity (Wildman–Crippen MR) is 272 cm³/mol. The largest absolute Gasteiger partial charge is 0.456 e. The summed E-state index contributed by atoms with van der Waals surface area (Å²) in [7, 11) is -2.88. The van der Waals surface area contributed by atoms with Crippen LogP contribution in [-0.4, -0.2) is 8.07 Å². The van der Waals surface area contributed by atoms with Gasteiger partial charge in [-0.3, -0.25) is 0 Å². The number of hydrogen-bond acceptors (Lipinski definition) is 1. The van der Waals surface area contributed by atoms with Crippen molar-refractivity contribution in [2.45, 2.75) is 45.1 Å². The van der Waals surface area contributed by atoms with Crippen LogP contribution in [-0.2, 0) is 5.41 Å². The van der Waals surface area contributed by atoms with E-state index in [9.17, 15) is 0 Å². The van der Waals surface area contributed by atoms with Crippen LogP contribution < -0.4 is 15.6 Å². The van der Waals surface area contributed by atoms with Gasteiger partial charge in [0.2, 0.25) is 0 Å². The van der Waals surface area contributed by atoms with Crippen molar-refractivity contribution in [2.75, 3.05) is 0 Å². The van der Waals surface area contributed by atoms with Gasteiger partial charge < -0.3 is 4.42 Å². The Morgan fingerprint density at radius 1 is 0.413 bits per heavy atom. The zero-order valence-corrected chi connectivity index (χ0v) is 37.5. The van der Waals surface area contributed by atoms with Crippen molar-refractivity contribution in [1.29, 1.82) is 0 Å². The van der Waals surface area contributed by atoms with Gasteiger partial charge in [-0.15, -0.1) is 0 Å². The number of hydrogen-bond donors (Lipinski definition) is 0. The van der Waals surface area contributed by atoms with Gasteiger partial charge in [0, 0.05) is 16.2 Å². The fourth-order valence-electron chi connectivity index (χ4n) is 11.8. The van der Waals surface area contributed by atoms with E-state index in [4.69, 9.17) is 4.42 Å². The van der Waals surface area contributed by atoms with Gasteiger partial charge in [0.05, 0.1) is 0 Å². The Bertz CT molecular complexity index is 3530. The van der Waals surface area contributed by atoms with Crippen molar-refractivity contribution in [1.82, 2.24) is 0 Å². The van der Waals surface area contributed by atoms with E-state index in [0.717, 1.165) is 21.9 Å². The average molecular weight is 825 g/mol. The van der Waals surface area contributed by atoms with Crippen molar-refractivity contribution in [3.63, 3.8) is 0 Å². The van der Waals surface area contributed by atoms with Crippen LogP contribution in [0.15, 0.2) is 205 Å². The molecule has 1 heterocycles. The fraction of sp³-hybridized carbons (Fsp3) is 0.115. The van der Waals surface area contributed by atoms with E-state index in [2.05, 4.69) is 235 Å². The van der Waals surface area contributed by atoms with E-state index in [-0.39, 0.29) is 10.5 Å². The lowest BCUT2D eigenvalue weighted by Crippen LogP contribution is -2.72. The molecule has 0 N–H and O–H groups in total. The molecule has 63 heavy (non-hydrogen) atoms. The van der Waals surface area contributed by atoms with Crippen LogP contribution in [0.1, 0.15) is 45.7 Å². The minimum absolute atomic E-state index is 0.137. The fourth-order valence-corrected chi connectivity index (χ4v) is 17.6. The molecule has 1 aromatic heterocycles. The molecule has 0 radical (unpaired) electrons. The Balaban J connectivity index is 1.18. The molecule has 302 valence electrons. The van der Waals surface area contributed by atoms with Crippen LogP contribution in [0.2, 0.25) is 5.04 Å². The molecule has 11 aromatic rings.